The number of phenolic OH excluding ortho intramolecular Hbond substituents is 1. The number of rotatable bonds is 20. The summed E-state index contributed by atoms with van der Waals surface area (Å²) in [6.07, 6.45) is 6.46. The second-order valence-electron chi connectivity index (χ2n) is 13.6. The summed E-state index contributed by atoms with van der Waals surface area (Å²) >= 11 is 0. The lowest BCUT2D eigenvalue weighted by Crippen LogP contribution is -2.54. The van der Waals surface area contributed by atoms with E-state index in [1.807, 2.05) is 0 Å². The smallest absolute Gasteiger partial charge is 0.328 e. The highest BCUT2D eigenvalue weighted by Crippen LogP contribution is 2.31. The summed E-state index contributed by atoms with van der Waals surface area (Å²) in [6.45, 7) is 7.06. The van der Waals surface area contributed by atoms with Crippen molar-refractivity contribution in [2.24, 2.45) is 5.41 Å². The zero-order valence-corrected chi connectivity index (χ0v) is 30.1. The van der Waals surface area contributed by atoms with Crippen LogP contribution in [0.15, 0.2) is 28.7 Å². The van der Waals surface area contributed by atoms with Crippen LogP contribution in [0, 0.1) is 12.3 Å². The molecule has 0 aliphatic carbocycles. The van der Waals surface area contributed by atoms with Gasteiger partial charge in [0.05, 0.1) is 11.0 Å². The lowest BCUT2D eigenvalue weighted by molar-refractivity contribution is -0.169. The van der Waals surface area contributed by atoms with Crippen LogP contribution in [-0.4, -0.2) is 92.0 Å². The third-order valence-electron chi connectivity index (χ3n) is 9.18. The Hall–Kier alpha value is -4.50. The molecule has 15 heteroatoms. The van der Waals surface area contributed by atoms with Gasteiger partial charge in [0.15, 0.2) is 5.69 Å². The van der Waals surface area contributed by atoms with Gasteiger partial charge in [0, 0.05) is 13.1 Å². The van der Waals surface area contributed by atoms with Gasteiger partial charge >= 0.3 is 5.97 Å². The topological polar surface area (TPSA) is 212 Å². The van der Waals surface area contributed by atoms with Crippen molar-refractivity contribution >= 4 is 30.1 Å². The number of ether oxygens (including phenoxy) is 1. The summed E-state index contributed by atoms with van der Waals surface area (Å²) in [5.41, 5.74) is -1.14. The van der Waals surface area contributed by atoms with Crippen molar-refractivity contribution in [3.63, 3.8) is 0 Å². The van der Waals surface area contributed by atoms with Crippen LogP contribution in [0.2, 0.25) is 0 Å². The van der Waals surface area contributed by atoms with Gasteiger partial charge in [-0.05, 0) is 84.3 Å². The molecule has 0 radical (unpaired) electrons. The number of carbonyl (C=O) groups excluding carboxylic acids is 5. The van der Waals surface area contributed by atoms with E-state index in [-0.39, 0.29) is 54.6 Å². The first-order valence-electron chi connectivity index (χ1n) is 17.8. The van der Waals surface area contributed by atoms with E-state index < -0.39 is 47.3 Å². The number of carbonyl (C=O) groups is 5. The predicted octanol–water partition coefficient (Wildman–Crippen LogP) is 4.66. The van der Waals surface area contributed by atoms with Gasteiger partial charge in [0.2, 0.25) is 18.2 Å². The van der Waals surface area contributed by atoms with Gasteiger partial charge in [-0.15, -0.1) is 0 Å². The maximum atomic E-state index is 13.9. The number of aromatic nitrogens is 1. The average molecular weight is 716 g/mol. The zero-order valence-electron chi connectivity index (χ0n) is 30.1. The van der Waals surface area contributed by atoms with Crippen LogP contribution in [0.25, 0.3) is 11.5 Å². The fraction of sp³-hybridized carbons (Fsp3) is 0.611. The van der Waals surface area contributed by atoms with E-state index in [4.69, 9.17) is 9.15 Å². The first-order valence-corrected chi connectivity index (χ1v) is 17.8. The molecule has 51 heavy (non-hydrogen) atoms. The Labute approximate surface area is 298 Å². The zero-order chi connectivity index (χ0) is 37.6. The Bertz CT molecular complexity index is 1480. The van der Waals surface area contributed by atoms with Gasteiger partial charge < -0.3 is 24.9 Å². The van der Waals surface area contributed by atoms with Crippen LogP contribution in [0.1, 0.15) is 114 Å². The number of hydroxylamine groups is 4. The highest BCUT2D eigenvalue weighted by molar-refractivity contribution is 5.96. The first-order chi connectivity index (χ1) is 24.3. The number of oxazole rings is 1. The van der Waals surface area contributed by atoms with Gasteiger partial charge in [-0.2, -0.15) is 0 Å². The van der Waals surface area contributed by atoms with Crippen molar-refractivity contribution in [3.05, 3.63) is 35.7 Å². The number of nitrogens with zero attached hydrogens (tertiary/aromatic N) is 3. The number of hydrogen-bond acceptors (Lipinski definition) is 11. The Morgan fingerprint density at radius 2 is 1.82 bits per heavy atom. The third-order valence-corrected chi connectivity index (χ3v) is 9.18. The average Bonchev–Trinajstić information content (AvgIpc) is 3.42. The predicted molar refractivity (Wildman–Crippen MR) is 184 cm³/mol. The second-order valence-corrected chi connectivity index (χ2v) is 13.6. The van der Waals surface area contributed by atoms with E-state index in [9.17, 15) is 39.5 Å². The molecule has 1 aliphatic rings. The van der Waals surface area contributed by atoms with Crippen LogP contribution < -0.4 is 10.6 Å². The molecule has 3 atom stereocenters. The lowest BCUT2D eigenvalue weighted by atomic mass is 9.82. The number of phenols is 1. The Morgan fingerprint density at radius 3 is 2.53 bits per heavy atom. The molecule has 3 rings (SSSR count). The van der Waals surface area contributed by atoms with E-state index >= 15 is 0 Å². The van der Waals surface area contributed by atoms with Crippen molar-refractivity contribution in [1.82, 2.24) is 25.7 Å². The van der Waals surface area contributed by atoms with Crippen molar-refractivity contribution in [2.45, 2.75) is 123 Å². The largest absolute Gasteiger partial charge is 0.507 e. The van der Waals surface area contributed by atoms with Crippen LogP contribution in [0.5, 0.6) is 5.75 Å². The minimum atomic E-state index is -1.31. The number of esters is 1. The number of amides is 4. The molecular formula is C36H53N5O10. The molecule has 0 spiro atoms. The Balaban J connectivity index is 1.84. The molecule has 0 unspecified atom stereocenters. The number of hydrogen-bond donors (Lipinski definition) is 5. The lowest BCUT2D eigenvalue weighted by Gasteiger charge is -2.35. The minimum Gasteiger partial charge on any atom is -0.507 e. The van der Waals surface area contributed by atoms with Crippen LogP contribution >= 0.6 is 0 Å². The molecular weight excluding hydrogens is 662 g/mol. The van der Waals surface area contributed by atoms with Crippen molar-refractivity contribution in [2.75, 3.05) is 13.1 Å². The molecule has 5 N–H and O–H groups in total. The van der Waals surface area contributed by atoms with Gasteiger partial charge in [0.25, 0.3) is 11.8 Å². The first kappa shape index (κ1) is 40.9. The number of para-hydroxylation sites is 1. The highest BCUT2D eigenvalue weighted by atomic mass is 16.5. The Kier molecular flexibility index (Phi) is 15.9. The molecule has 1 aliphatic heterocycles. The summed E-state index contributed by atoms with van der Waals surface area (Å²) in [5.74, 6) is -2.58. The molecule has 15 nitrogen and oxygen atoms in total. The molecule has 1 aromatic carbocycles. The third kappa shape index (κ3) is 11.8. The summed E-state index contributed by atoms with van der Waals surface area (Å²) in [7, 11) is 0. The number of aromatic hydroxyl groups is 1. The monoisotopic (exact) mass is 715 g/mol. The van der Waals surface area contributed by atoms with E-state index in [1.165, 1.54) is 13.0 Å². The molecule has 0 bridgehead atoms. The van der Waals surface area contributed by atoms with E-state index in [1.54, 1.807) is 32.0 Å². The summed E-state index contributed by atoms with van der Waals surface area (Å²) in [4.78, 5) is 69.1. The van der Waals surface area contributed by atoms with Crippen molar-refractivity contribution < 1.29 is 48.6 Å². The number of nitrogens with one attached hydrogen (secondary N) is 2. The van der Waals surface area contributed by atoms with Crippen molar-refractivity contribution in [3.8, 4) is 17.2 Å². The van der Waals surface area contributed by atoms with Gasteiger partial charge in [0.1, 0.15) is 29.7 Å². The minimum absolute atomic E-state index is 0.00425. The van der Waals surface area contributed by atoms with Gasteiger partial charge in [-0.1, -0.05) is 44.7 Å². The van der Waals surface area contributed by atoms with Crippen LogP contribution in [0.3, 0.4) is 0 Å². The van der Waals surface area contributed by atoms with Crippen LogP contribution in [-0.2, 0) is 23.9 Å². The fourth-order valence-corrected chi connectivity index (χ4v) is 5.90. The number of aryl methyl sites for hydroxylation is 1. The summed E-state index contributed by atoms with van der Waals surface area (Å²) in [6, 6.07) is 4.21. The molecule has 0 saturated carbocycles. The normalized spacial score (nSPS) is 16.2. The Morgan fingerprint density at radius 1 is 1.12 bits per heavy atom. The molecule has 282 valence electrons. The molecule has 1 saturated heterocycles. The molecule has 1 aromatic heterocycles. The van der Waals surface area contributed by atoms with E-state index in [0.717, 1.165) is 25.7 Å². The van der Waals surface area contributed by atoms with Crippen molar-refractivity contribution in [1.29, 1.82) is 0 Å². The number of unbranched alkanes of at least 4 members (excludes halogenated alkanes) is 5. The highest BCUT2D eigenvalue weighted by Gasteiger charge is 2.42. The summed E-state index contributed by atoms with van der Waals surface area (Å²) < 4.78 is 11.7. The maximum Gasteiger partial charge on any atom is 0.328 e. The number of benzene rings is 1. The van der Waals surface area contributed by atoms with Crippen LogP contribution in [0.4, 0.5) is 0 Å². The molecule has 1 fully saturated rings. The maximum absolute atomic E-state index is 13.9. The fourth-order valence-electron chi connectivity index (χ4n) is 5.90. The standard InChI is InChI=1S/C36H53N5O10/c1-5-6-7-8-9-20-29(36(3,4)35(47)38-26-17-13-15-22-41(49)33(26)45)51-34(46)27(18-12-14-21-40(48)23-42)37-31(44)30-24(2)50-32(39-30)25-16-10-11-19-28(25)43/h10-11,16,19,23,26-27,29,43,48-49H,5-9,12-15,17-18,20-22H2,1-4H3,(H,37,44)(H,38,47)/t26-,27-,29-/m0/s1. The van der Waals surface area contributed by atoms with E-state index in [2.05, 4.69) is 22.5 Å². The SMILES string of the molecule is CCCCCCC[C@H](OC(=O)[C@H](CCCCN(O)C=O)NC(=O)c1nc(-c2ccccc2O)oc1C)C(C)(C)C(=O)N[C@H]1CCCCN(O)C1=O. The quantitative estimate of drug-likeness (QED) is 0.0418. The van der Waals surface area contributed by atoms with Gasteiger partial charge in [-0.3, -0.25) is 29.6 Å². The van der Waals surface area contributed by atoms with E-state index in [0.29, 0.717) is 55.1 Å². The molecule has 2 aromatic rings. The molecule has 4 amide bonds. The molecule has 2 heterocycles. The summed E-state index contributed by atoms with van der Waals surface area (Å²) in [5, 5.41) is 36.4. The second kappa shape index (κ2) is 19.8. The van der Waals surface area contributed by atoms with Gasteiger partial charge in [-0.25, -0.2) is 19.9 Å².